The summed E-state index contributed by atoms with van der Waals surface area (Å²) >= 11 is 0. The molecular weight excluding hydrogens is 476 g/mol. The van der Waals surface area contributed by atoms with Crippen molar-refractivity contribution in [3.8, 4) is 17.3 Å². The maximum atomic E-state index is 14.2. The summed E-state index contributed by atoms with van der Waals surface area (Å²) < 4.78 is 56.4. The van der Waals surface area contributed by atoms with Gasteiger partial charge in [0.15, 0.2) is 0 Å². The number of nitrogens with zero attached hydrogens (tertiary/aromatic N) is 4. The van der Waals surface area contributed by atoms with Crippen molar-refractivity contribution < 1.29 is 22.4 Å². The van der Waals surface area contributed by atoms with E-state index in [-0.39, 0.29) is 54.4 Å². The van der Waals surface area contributed by atoms with Gasteiger partial charge >= 0.3 is 6.18 Å². The van der Waals surface area contributed by atoms with E-state index in [1.807, 2.05) is 0 Å². The van der Waals surface area contributed by atoms with E-state index < -0.39 is 24.0 Å². The monoisotopic (exact) mass is 504 g/mol. The van der Waals surface area contributed by atoms with Crippen molar-refractivity contribution >= 4 is 17.7 Å². The third-order valence-electron chi connectivity index (χ3n) is 6.90. The van der Waals surface area contributed by atoms with Crippen LogP contribution in [0.4, 0.5) is 29.3 Å². The number of hydrogen-bond acceptors (Lipinski definition) is 6. The lowest BCUT2D eigenvalue weighted by atomic mass is 9.90. The second kappa shape index (κ2) is 10.7. The summed E-state index contributed by atoms with van der Waals surface area (Å²) in [6.07, 6.45) is 0.308. The fourth-order valence-corrected chi connectivity index (χ4v) is 4.95. The first kappa shape index (κ1) is 25.7. The fourth-order valence-electron chi connectivity index (χ4n) is 4.95. The van der Waals surface area contributed by atoms with Crippen molar-refractivity contribution in [1.29, 1.82) is 5.26 Å². The maximum Gasteiger partial charge on any atom is 0.408 e. The number of nitrogens with one attached hydrogen (secondary N) is 2. The van der Waals surface area contributed by atoms with Crippen LogP contribution in [0.5, 0.6) is 0 Å². The number of aromatic nitrogens is 2. The molecule has 2 N–H and O–H groups in total. The minimum Gasteiger partial charge on any atom is -0.357 e. The fraction of sp³-hybridized carbons (Fsp3) is 0.520. The first-order valence-corrected chi connectivity index (χ1v) is 12.1. The van der Waals surface area contributed by atoms with E-state index in [4.69, 9.17) is 5.26 Å². The Morgan fingerprint density at radius 1 is 1.11 bits per heavy atom. The quantitative estimate of drug-likeness (QED) is 0.569. The third kappa shape index (κ3) is 5.69. The number of nitriles is 1. The Labute approximate surface area is 206 Å². The maximum absolute atomic E-state index is 14.2. The summed E-state index contributed by atoms with van der Waals surface area (Å²) in [6, 6.07) is 5.22. The molecule has 2 aliphatic rings. The summed E-state index contributed by atoms with van der Waals surface area (Å²) in [4.78, 5) is 22.6. The SMILES string of the molecule is CNc1nc(-c2ccc(C#N)c(F)c2)cc(N2CC(C(=O)NC3CCCCC3)CCC2C(F)(F)F)n1. The van der Waals surface area contributed by atoms with Crippen molar-refractivity contribution in [2.45, 2.75) is 63.2 Å². The van der Waals surface area contributed by atoms with E-state index in [1.54, 1.807) is 6.07 Å². The van der Waals surface area contributed by atoms with Crippen LogP contribution in [0.15, 0.2) is 24.3 Å². The van der Waals surface area contributed by atoms with Crippen LogP contribution in [0.3, 0.4) is 0 Å². The number of carbonyl (C=O) groups is 1. The van der Waals surface area contributed by atoms with Crippen LogP contribution in [-0.2, 0) is 4.79 Å². The lowest BCUT2D eigenvalue weighted by molar-refractivity contribution is -0.156. The van der Waals surface area contributed by atoms with Gasteiger partial charge in [-0.3, -0.25) is 4.79 Å². The van der Waals surface area contributed by atoms with Crippen LogP contribution in [0, 0.1) is 23.1 Å². The molecule has 1 saturated heterocycles. The van der Waals surface area contributed by atoms with Gasteiger partial charge in [-0.15, -0.1) is 0 Å². The smallest absolute Gasteiger partial charge is 0.357 e. The average Bonchev–Trinajstić information content (AvgIpc) is 2.88. The van der Waals surface area contributed by atoms with Gasteiger partial charge in [-0.05, 0) is 37.8 Å². The molecule has 1 aromatic carbocycles. The Hall–Kier alpha value is -3.42. The van der Waals surface area contributed by atoms with Gasteiger partial charge in [-0.25, -0.2) is 9.37 Å². The normalized spacial score (nSPS) is 21.1. The zero-order chi connectivity index (χ0) is 25.9. The Morgan fingerprint density at radius 3 is 2.50 bits per heavy atom. The molecule has 0 bridgehead atoms. The first-order valence-electron chi connectivity index (χ1n) is 12.1. The Bertz CT molecular complexity index is 1140. The molecule has 1 aromatic heterocycles. The van der Waals surface area contributed by atoms with E-state index in [2.05, 4.69) is 20.6 Å². The highest BCUT2D eigenvalue weighted by Crippen LogP contribution is 2.38. The Balaban J connectivity index is 1.66. The summed E-state index contributed by atoms with van der Waals surface area (Å²) in [5, 5.41) is 14.8. The van der Waals surface area contributed by atoms with Gasteiger partial charge in [0.2, 0.25) is 11.9 Å². The number of rotatable bonds is 5. The minimum atomic E-state index is -4.53. The second-order valence-electron chi connectivity index (χ2n) is 9.32. The standard InChI is InChI=1S/C25H28F4N6O/c1-31-24-33-20(15-7-8-16(13-30)19(26)11-15)12-22(34-24)35-14-17(9-10-21(35)25(27,28)29)23(36)32-18-5-3-2-4-6-18/h7-8,11-12,17-18,21H,2-6,9-10,14H2,1H3,(H,32,36)(H,31,33,34). The number of alkyl halides is 3. The van der Waals surface area contributed by atoms with Crippen molar-refractivity contribution in [1.82, 2.24) is 15.3 Å². The predicted molar refractivity (Wildman–Crippen MR) is 127 cm³/mol. The van der Waals surface area contributed by atoms with Gasteiger partial charge in [0.1, 0.15) is 23.7 Å². The number of halogens is 4. The molecule has 2 atom stereocenters. The lowest BCUT2D eigenvalue weighted by Crippen LogP contribution is -2.55. The van der Waals surface area contributed by atoms with E-state index in [9.17, 15) is 22.4 Å². The van der Waals surface area contributed by atoms with E-state index in [0.717, 1.165) is 43.1 Å². The van der Waals surface area contributed by atoms with Crippen LogP contribution < -0.4 is 15.5 Å². The molecule has 7 nitrogen and oxygen atoms in total. The average molecular weight is 505 g/mol. The topological polar surface area (TPSA) is 93.9 Å². The molecule has 0 spiro atoms. The number of carbonyl (C=O) groups excluding carboxylic acids is 1. The van der Waals surface area contributed by atoms with E-state index >= 15 is 0 Å². The van der Waals surface area contributed by atoms with Gasteiger partial charge in [-0.2, -0.15) is 23.4 Å². The number of anilines is 2. The highest BCUT2D eigenvalue weighted by Gasteiger charge is 2.48. The highest BCUT2D eigenvalue weighted by molar-refractivity contribution is 5.80. The molecule has 192 valence electrons. The van der Waals surface area contributed by atoms with Gasteiger partial charge in [0.25, 0.3) is 0 Å². The molecule has 1 amide bonds. The molecule has 2 fully saturated rings. The van der Waals surface area contributed by atoms with Crippen LogP contribution >= 0.6 is 0 Å². The predicted octanol–water partition coefficient (Wildman–Crippen LogP) is 4.79. The molecule has 2 aromatic rings. The van der Waals surface area contributed by atoms with Crippen LogP contribution in [0.2, 0.25) is 0 Å². The van der Waals surface area contributed by atoms with Gasteiger partial charge in [-0.1, -0.05) is 25.3 Å². The van der Waals surface area contributed by atoms with Crippen molar-refractivity contribution in [2.75, 3.05) is 23.8 Å². The highest BCUT2D eigenvalue weighted by atomic mass is 19.4. The van der Waals surface area contributed by atoms with Crippen LogP contribution in [-0.4, -0.2) is 47.7 Å². The molecule has 1 aliphatic heterocycles. The van der Waals surface area contributed by atoms with Crippen LogP contribution in [0.25, 0.3) is 11.3 Å². The number of benzene rings is 1. The minimum absolute atomic E-state index is 0.00777. The lowest BCUT2D eigenvalue weighted by Gasteiger charge is -2.41. The summed E-state index contributed by atoms with van der Waals surface area (Å²) in [5.74, 6) is -1.56. The Morgan fingerprint density at radius 2 is 1.86 bits per heavy atom. The molecule has 1 saturated carbocycles. The van der Waals surface area contributed by atoms with Gasteiger partial charge < -0.3 is 15.5 Å². The first-order chi connectivity index (χ1) is 17.2. The van der Waals surface area contributed by atoms with Crippen molar-refractivity contribution in [3.05, 3.63) is 35.6 Å². The largest absolute Gasteiger partial charge is 0.408 e. The molecule has 0 radical (unpaired) electrons. The van der Waals surface area contributed by atoms with Crippen molar-refractivity contribution in [2.24, 2.45) is 5.92 Å². The Kier molecular flexibility index (Phi) is 7.62. The van der Waals surface area contributed by atoms with Gasteiger partial charge in [0, 0.05) is 31.3 Å². The van der Waals surface area contributed by atoms with Gasteiger partial charge in [0.05, 0.1) is 17.2 Å². The van der Waals surface area contributed by atoms with Crippen LogP contribution in [0.1, 0.15) is 50.5 Å². The van der Waals surface area contributed by atoms with E-state index in [1.165, 1.54) is 25.2 Å². The zero-order valence-corrected chi connectivity index (χ0v) is 19.9. The number of hydrogen-bond donors (Lipinski definition) is 2. The number of amides is 1. The van der Waals surface area contributed by atoms with E-state index in [0.29, 0.717) is 5.56 Å². The molecule has 11 heteroatoms. The molecule has 4 rings (SSSR count). The third-order valence-corrected chi connectivity index (χ3v) is 6.90. The summed E-state index contributed by atoms with van der Waals surface area (Å²) in [5.41, 5.74) is 0.336. The molecule has 1 aliphatic carbocycles. The number of piperidine rings is 1. The molecule has 36 heavy (non-hydrogen) atoms. The molecule has 2 heterocycles. The summed E-state index contributed by atoms with van der Waals surface area (Å²) in [6.45, 7) is -0.149. The molecular formula is C25H28F4N6O. The van der Waals surface area contributed by atoms with Crippen molar-refractivity contribution in [3.63, 3.8) is 0 Å². The molecule has 2 unspecified atom stereocenters. The summed E-state index contributed by atoms with van der Waals surface area (Å²) in [7, 11) is 1.53. The second-order valence-corrected chi connectivity index (χ2v) is 9.32. The zero-order valence-electron chi connectivity index (χ0n) is 19.9.